The lowest BCUT2D eigenvalue weighted by molar-refractivity contribution is -0.120. The number of aromatic nitrogens is 3. The predicted octanol–water partition coefficient (Wildman–Crippen LogP) is 1.02. The Morgan fingerprint density at radius 2 is 2.10 bits per heavy atom. The maximum Gasteiger partial charge on any atom is 0.256 e. The summed E-state index contributed by atoms with van der Waals surface area (Å²) in [5.74, 6) is -0.163. The molecule has 0 spiro atoms. The SMILES string of the molecule is Cc1nc(CNC(=O)Cc2ncn(C)c(=O)c2C)sc1C. The van der Waals surface area contributed by atoms with Gasteiger partial charge >= 0.3 is 0 Å². The van der Waals surface area contributed by atoms with E-state index < -0.39 is 0 Å². The lowest BCUT2D eigenvalue weighted by atomic mass is 10.2. The average molecular weight is 306 g/mol. The van der Waals surface area contributed by atoms with Crippen molar-refractivity contribution in [3.63, 3.8) is 0 Å². The van der Waals surface area contributed by atoms with E-state index in [0.29, 0.717) is 17.8 Å². The summed E-state index contributed by atoms with van der Waals surface area (Å²) in [6, 6.07) is 0. The molecule has 1 N–H and O–H groups in total. The highest BCUT2D eigenvalue weighted by molar-refractivity contribution is 7.11. The molecule has 2 aromatic heterocycles. The van der Waals surface area contributed by atoms with Crippen molar-refractivity contribution in [2.24, 2.45) is 7.05 Å². The number of aryl methyl sites for hydroxylation is 3. The molecule has 0 aliphatic rings. The molecule has 0 saturated carbocycles. The molecule has 0 aliphatic heterocycles. The fraction of sp³-hybridized carbons (Fsp3) is 0.429. The van der Waals surface area contributed by atoms with E-state index in [1.165, 1.54) is 10.9 Å². The minimum absolute atomic E-state index is 0.102. The Morgan fingerprint density at radius 1 is 1.38 bits per heavy atom. The molecule has 0 unspecified atom stereocenters. The molecule has 7 heteroatoms. The van der Waals surface area contributed by atoms with Gasteiger partial charge in [0, 0.05) is 17.5 Å². The summed E-state index contributed by atoms with van der Waals surface area (Å²) >= 11 is 1.58. The number of thiazole rings is 1. The highest BCUT2D eigenvalue weighted by Crippen LogP contribution is 2.15. The van der Waals surface area contributed by atoms with E-state index in [1.807, 2.05) is 13.8 Å². The van der Waals surface area contributed by atoms with Crippen LogP contribution in [0.2, 0.25) is 0 Å². The maximum atomic E-state index is 11.9. The van der Waals surface area contributed by atoms with Gasteiger partial charge in [0.25, 0.3) is 5.56 Å². The molecule has 2 aromatic rings. The van der Waals surface area contributed by atoms with Crippen LogP contribution in [-0.4, -0.2) is 20.4 Å². The minimum Gasteiger partial charge on any atom is -0.349 e. The Kier molecular flexibility index (Phi) is 4.52. The number of amides is 1. The van der Waals surface area contributed by atoms with Gasteiger partial charge in [0.05, 0.1) is 30.7 Å². The van der Waals surface area contributed by atoms with E-state index in [2.05, 4.69) is 15.3 Å². The quantitative estimate of drug-likeness (QED) is 0.915. The summed E-state index contributed by atoms with van der Waals surface area (Å²) in [5, 5.41) is 3.69. The number of rotatable bonds is 4. The molecule has 2 heterocycles. The van der Waals surface area contributed by atoms with Crippen molar-refractivity contribution in [3.8, 4) is 0 Å². The molecule has 0 aliphatic carbocycles. The van der Waals surface area contributed by atoms with Gasteiger partial charge in [0.2, 0.25) is 5.91 Å². The number of nitrogens with one attached hydrogen (secondary N) is 1. The number of hydrogen-bond donors (Lipinski definition) is 1. The minimum atomic E-state index is -0.163. The van der Waals surface area contributed by atoms with Crippen LogP contribution in [0.3, 0.4) is 0 Å². The molecule has 112 valence electrons. The smallest absolute Gasteiger partial charge is 0.256 e. The molecular weight excluding hydrogens is 288 g/mol. The molecule has 0 bridgehead atoms. The van der Waals surface area contributed by atoms with Gasteiger partial charge in [0.15, 0.2) is 0 Å². The zero-order chi connectivity index (χ0) is 15.6. The Labute approximate surface area is 126 Å². The van der Waals surface area contributed by atoms with E-state index in [9.17, 15) is 9.59 Å². The summed E-state index contributed by atoms with van der Waals surface area (Å²) in [6.45, 7) is 6.04. The van der Waals surface area contributed by atoms with Crippen LogP contribution < -0.4 is 10.9 Å². The molecule has 1 amide bonds. The van der Waals surface area contributed by atoms with Gasteiger partial charge in [-0.15, -0.1) is 11.3 Å². The molecule has 0 saturated heterocycles. The fourth-order valence-electron chi connectivity index (χ4n) is 1.88. The van der Waals surface area contributed by atoms with Crippen LogP contribution in [0.5, 0.6) is 0 Å². The number of carbonyl (C=O) groups is 1. The summed E-state index contributed by atoms with van der Waals surface area (Å²) < 4.78 is 1.40. The summed E-state index contributed by atoms with van der Waals surface area (Å²) in [5.41, 5.74) is 1.89. The Balaban J connectivity index is 1.99. The van der Waals surface area contributed by atoms with Crippen LogP contribution in [-0.2, 0) is 24.8 Å². The third-order valence-corrected chi connectivity index (χ3v) is 4.37. The Morgan fingerprint density at radius 3 is 2.71 bits per heavy atom. The lowest BCUT2D eigenvalue weighted by Crippen LogP contribution is -2.28. The second kappa shape index (κ2) is 6.17. The van der Waals surface area contributed by atoms with Crippen molar-refractivity contribution < 1.29 is 4.79 Å². The van der Waals surface area contributed by atoms with E-state index in [0.717, 1.165) is 15.6 Å². The van der Waals surface area contributed by atoms with Crippen LogP contribution in [0.15, 0.2) is 11.1 Å². The van der Waals surface area contributed by atoms with Crippen molar-refractivity contribution >= 4 is 17.2 Å². The van der Waals surface area contributed by atoms with Crippen molar-refractivity contribution in [2.45, 2.75) is 33.7 Å². The monoisotopic (exact) mass is 306 g/mol. The molecule has 0 aromatic carbocycles. The summed E-state index contributed by atoms with van der Waals surface area (Å²) in [7, 11) is 1.64. The van der Waals surface area contributed by atoms with Crippen molar-refractivity contribution in [1.29, 1.82) is 0 Å². The first kappa shape index (κ1) is 15.4. The first-order valence-electron chi connectivity index (χ1n) is 6.59. The maximum absolute atomic E-state index is 11.9. The zero-order valence-corrected chi connectivity index (χ0v) is 13.4. The summed E-state index contributed by atoms with van der Waals surface area (Å²) in [6.07, 6.45) is 1.54. The number of hydrogen-bond acceptors (Lipinski definition) is 5. The van der Waals surface area contributed by atoms with Gasteiger partial charge in [-0.2, -0.15) is 0 Å². The largest absolute Gasteiger partial charge is 0.349 e. The predicted molar refractivity (Wildman–Crippen MR) is 81.4 cm³/mol. The fourth-order valence-corrected chi connectivity index (χ4v) is 2.75. The van der Waals surface area contributed by atoms with Crippen LogP contribution in [0.25, 0.3) is 0 Å². The zero-order valence-electron chi connectivity index (χ0n) is 12.6. The van der Waals surface area contributed by atoms with Gasteiger partial charge in [-0.3, -0.25) is 9.59 Å². The molecule has 0 atom stereocenters. The van der Waals surface area contributed by atoms with Crippen LogP contribution in [0.1, 0.15) is 26.8 Å². The first-order valence-corrected chi connectivity index (χ1v) is 7.41. The van der Waals surface area contributed by atoms with E-state index in [4.69, 9.17) is 0 Å². The first-order chi connectivity index (χ1) is 9.88. The van der Waals surface area contributed by atoms with Crippen LogP contribution in [0, 0.1) is 20.8 Å². The van der Waals surface area contributed by atoms with Crippen molar-refractivity contribution in [1.82, 2.24) is 19.9 Å². The summed E-state index contributed by atoms with van der Waals surface area (Å²) in [4.78, 5) is 33.4. The lowest BCUT2D eigenvalue weighted by Gasteiger charge is -2.06. The second-order valence-electron chi connectivity index (χ2n) is 4.94. The third kappa shape index (κ3) is 3.55. The van der Waals surface area contributed by atoms with Gasteiger partial charge in [-0.1, -0.05) is 0 Å². The normalized spacial score (nSPS) is 10.7. The topological polar surface area (TPSA) is 76.9 Å². The van der Waals surface area contributed by atoms with Gasteiger partial charge in [-0.05, 0) is 20.8 Å². The molecule has 2 rings (SSSR count). The standard InChI is InChI=1S/C14H18N4O2S/c1-8-11(16-7-18(4)14(8)20)5-12(19)15-6-13-17-9(2)10(3)21-13/h7H,5-6H2,1-4H3,(H,15,19). The molecular formula is C14H18N4O2S. The van der Waals surface area contributed by atoms with Gasteiger partial charge < -0.3 is 9.88 Å². The molecule has 0 radical (unpaired) electrons. The van der Waals surface area contributed by atoms with Crippen molar-refractivity contribution in [3.05, 3.63) is 43.5 Å². The van der Waals surface area contributed by atoms with E-state index in [-0.39, 0.29) is 17.9 Å². The molecule has 21 heavy (non-hydrogen) atoms. The Bertz CT molecular complexity index is 714. The van der Waals surface area contributed by atoms with Crippen LogP contribution >= 0.6 is 11.3 Å². The van der Waals surface area contributed by atoms with Crippen molar-refractivity contribution in [2.75, 3.05) is 0 Å². The Hall–Kier alpha value is -2.02. The van der Waals surface area contributed by atoms with Gasteiger partial charge in [-0.25, -0.2) is 9.97 Å². The number of nitrogens with zero attached hydrogens (tertiary/aromatic N) is 3. The number of carbonyl (C=O) groups excluding carboxylic acids is 1. The third-order valence-electron chi connectivity index (χ3n) is 3.30. The van der Waals surface area contributed by atoms with Crippen LogP contribution in [0.4, 0.5) is 0 Å². The van der Waals surface area contributed by atoms with Gasteiger partial charge in [0.1, 0.15) is 5.01 Å². The second-order valence-corrected chi connectivity index (χ2v) is 6.22. The highest BCUT2D eigenvalue weighted by Gasteiger charge is 2.11. The molecule has 6 nitrogen and oxygen atoms in total. The van der Waals surface area contributed by atoms with E-state index >= 15 is 0 Å². The molecule has 0 fully saturated rings. The highest BCUT2D eigenvalue weighted by atomic mass is 32.1. The average Bonchev–Trinajstić information content (AvgIpc) is 2.76. The van der Waals surface area contributed by atoms with E-state index in [1.54, 1.807) is 25.3 Å².